The summed E-state index contributed by atoms with van der Waals surface area (Å²) in [5.74, 6) is -2.28. The summed E-state index contributed by atoms with van der Waals surface area (Å²) in [7, 11) is 0. The third kappa shape index (κ3) is 4.88. The van der Waals surface area contributed by atoms with Crippen molar-refractivity contribution in [2.45, 2.75) is 51.6 Å². The lowest BCUT2D eigenvalue weighted by molar-refractivity contribution is -0.205. The standard InChI is InChI=1S/C18H17Cl3N2O8/c1-6(24)28-13-14(29-7(2)25)16(31-15(13)17(27)30-8(3)26)23-12-5-10(20)9(19)4-11(12)22-18(23)21/h4-5,13-17,27H,1-3H3/t13?,14?,15-,16?,17?/m0/s1. The first-order valence-electron chi connectivity index (χ1n) is 8.87. The third-order valence-corrected chi connectivity index (χ3v) is 5.33. The minimum Gasteiger partial charge on any atom is -0.455 e. The maximum atomic E-state index is 11.8. The predicted octanol–water partition coefficient (Wildman–Crippen LogP) is 2.64. The van der Waals surface area contributed by atoms with Gasteiger partial charge in [0, 0.05) is 20.8 Å². The van der Waals surface area contributed by atoms with Crippen LogP contribution in [-0.4, -0.2) is 57.2 Å². The Bertz CT molecular complexity index is 1040. The first kappa shape index (κ1) is 23.6. The molecule has 0 bridgehead atoms. The number of nitrogens with zero attached hydrogens (tertiary/aromatic N) is 2. The van der Waals surface area contributed by atoms with E-state index in [0.717, 1.165) is 20.8 Å². The highest BCUT2D eigenvalue weighted by molar-refractivity contribution is 6.42. The van der Waals surface area contributed by atoms with Crippen LogP contribution in [0.15, 0.2) is 12.1 Å². The van der Waals surface area contributed by atoms with E-state index in [1.54, 1.807) is 0 Å². The van der Waals surface area contributed by atoms with Gasteiger partial charge in [-0.05, 0) is 23.7 Å². The van der Waals surface area contributed by atoms with Crippen molar-refractivity contribution in [1.82, 2.24) is 9.55 Å². The van der Waals surface area contributed by atoms with Gasteiger partial charge in [-0.3, -0.25) is 19.0 Å². The van der Waals surface area contributed by atoms with Gasteiger partial charge in [0.25, 0.3) is 0 Å². The molecule has 2 heterocycles. The molecule has 1 aromatic carbocycles. The lowest BCUT2D eigenvalue weighted by Gasteiger charge is -2.25. The van der Waals surface area contributed by atoms with E-state index in [1.807, 2.05) is 0 Å². The lowest BCUT2D eigenvalue weighted by atomic mass is 10.1. The molecule has 1 saturated heterocycles. The van der Waals surface area contributed by atoms with E-state index in [9.17, 15) is 19.5 Å². The Balaban J connectivity index is 2.13. The SMILES string of the molecule is CC(=O)OC1C(OC(C)=O)[C@@H](C(O)OC(C)=O)OC1n1c(Cl)nc2cc(Cl)c(Cl)cc21. The van der Waals surface area contributed by atoms with E-state index in [-0.39, 0.29) is 15.3 Å². The molecule has 0 amide bonds. The molecular weight excluding hydrogens is 479 g/mol. The van der Waals surface area contributed by atoms with Gasteiger partial charge in [0.15, 0.2) is 24.5 Å². The quantitative estimate of drug-likeness (QED) is 0.378. The smallest absolute Gasteiger partial charge is 0.305 e. The van der Waals surface area contributed by atoms with E-state index in [4.69, 9.17) is 53.8 Å². The number of hydrogen-bond donors (Lipinski definition) is 1. The second-order valence-corrected chi connectivity index (χ2v) is 7.80. The van der Waals surface area contributed by atoms with Crippen LogP contribution in [-0.2, 0) is 33.3 Å². The summed E-state index contributed by atoms with van der Waals surface area (Å²) in [6.45, 7) is 3.34. The highest BCUT2D eigenvalue weighted by Crippen LogP contribution is 2.40. The number of carbonyl (C=O) groups is 3. The van der Waals surface area contributed by atoms with Gasteiger partial charge in [-0.2, -0.15) is 0 Å². The van der Waals surface area contributed by atoms with Crippen LogP contribution >= 0.6 is 34.8 Å². The molecule has 1 aliphatic heterocycles. The van der Waals surface area contributed by atoms with Crippen LogP contribution < -0.4 is 0 Å². The molecule has 4 unspecified atom stereocenters. The maximum Gasteiger partial charge on any atom is 0.305 e. The number of hydrogen-bond acceptors (Lipinski definition) is 9. The topological polar surface area (TPSA) is 126 Å². The van der Waals surface area contributed by atoms with Crippen molar-refractivity contribution in [3.8, 4) is 0 Å². The molecular formula is C18H17Cl3N2O8. The fraction of sp³-hybridized carbons (Fsp3) is 0.444. The Morgan fingerprint density at radius 1 is 1.03 bits per heavy atom. The van der Waals surface area contributed by atoms with Crippen LogP contribution in [0.4, 0.5) is 0 Å². The monoisotopic (exact) mass is 494 g/mol. The summed E-state index contributed by atoms with van der Waals surface area (Å²) in [4.78, 5) is 39.0. The average molecular weight is 496 g/mol. The van der Waals surface area contributed by atoms with Gasteiger partial charge >= 0.3 is 17.9 Å². The number of aromatic nitrogens is 2. The zero-order chi connectivity index (χ0) is 23.0. The Morgan fingerprint density at radius 3 is 2.19 bits per heavy atom. The van der Waals surface area contributed by atoms with Crippen molar-refractivity contribution < 1.29 is 38.4 Å². The molecule has 5 atom stereocenters. The number of halogens is 3. The average Bonchev–Trinajstić information content (AvgIpc) is 3.11. The molecule has 0 aliphatic carbocycles. The number of aliphatic hydroxyl groups is 1. The van der Waals surface area contributed by atoms with Crippen molar-refractivity contribution in [2.75, 3.05) is 0 Å². The predicted molar refractivity (Wildman–Crippen MR) is 108 cm³/mol. The molecule has 10 nitrogen and oxygen atoms in total. The summed E-state index contributed by atoms with van der Waals surface area (Å²) in [5, 5.41) is 10.7. The summed E-state index contributed by atoms with van der Waals surface area (Å²) < 4.78 is 22.5. The summed E-state index contributed by atoms with van der Waals surface area (Å²) in [5.41, 5.74) is 0.725. The molecule has 13 heteroatoms. The Kier molecular flexibility index (Phi) is 6.97. The van der Waals surface area contributed by atoms with Gasteiger partial charge in [-0.1, -0.05) is 23.2 Å². The van der Waals surface area contributed by atoms with Gasteiger partial charge in [0.2, 0.25) is 11.6 Å². The Morgan fingerprint density at radius 2 is 1.61 bits per heavy atom. The number of rotatable bonds is 5. The number of benzene rings is 1. The summed E-state index contributed by atoms with van der Waals surface area (Å²) in [6, 6.07) is 2.95. The molecule has 31 heavy (non-hydrogen) atoms. The van der Waals surface area contributed by atoms with Gasteiger partial charge < -0.3 is 24.1 Å². The fourth-order valence-corrected chi connectivity index (χ4v) is 3.88. The van der Waals surface area contributed by atoms with E-state index in [2.05, 4.69) is 4.98 Å². The van der Waals surface area contributed by atoms with Crippen LogP contribution in [0.3, 0.4) is 0 Å². The molecule has 168 valence electrons. The van der Waals surface area contributed by atoms with Crippen molar-refractivity contribution in [2.24, 2.45) is 0 Å². The number of esters is 3. The van der Waals surface area contributed by atoms with Crippen LogP contribution in [0, 0.1) is 0 Å². The third-order valence-electron chi connectivity index (χ3n) is 4.34. The van der Waals surface area contributed by atoms with Crippen LogP contribution in [0.25, 0.3) is 11.0 Å². The number of aliphatic hydroxyl groups excluding tert-OH is 1. The summed E-state index contributed by atoms with van der Waals surface area (Å²) in [6.07, 6.45) is -7.08. The molecule has 2 aromatic rings. The van der Waals surface area contributed by atoms with E-state index in [0.29, 0.717) is 11.0 Å². The Labute approximate surface area is 190 Å². The molecule has 1 N–H and O–H groups in total. The van der Waals surface area contributed by atoms with Gasteiger partial charge in [-0.25, -0.2) is 4.98 Å². The first-order valence-corrected chi connectivity index (χ1v) is 10.0. The largest absolute Gasteiger partial charge is 0.455 e. The lowest BCUT2D eigenvalue weighted by Crippen LogP contribution is -2.44. The van der Waals surface area contributed by atoms with E-state index >= 15 is 0 Å². The number of carbonyl (C=O) groups excluding carboxylic acids is 3. The van der Waals surface area contributed by atoms with Crippen LogP contribution in [0.5, 0.6) is 0 Å². The van der Waals surface area contributed by atoms with Crippen molar-refractivity contribution >= 4 is 63.7 Å². The second-order valence-electron chi connectivity index (χ2n) is 6.65. The molecule has 3 rings (SSSR count). The fourth-order valence-electron chi connectivity index (χ4n) is 3.29. The van der Waals surface area contributed by atoms with E-state index < -0.39 is 48.7 Å². The number of imidazole rings is 1. The molecule has 1 aromatic heterocycles. The van der Waals surface area contributed by atoms with Gasteiger partial charge in [-0.15, -0.1) is 0 Å². The molecule has 0 radical (unpaired) electrons. The van der Waals surface area contributed by atoms with Crippen LogP contribution in [0.2, 0.25) is 15.3 Å². The van der Waals surface area contributed by atoms with Crippen molar-refractivity contribution in [3.63, 3.8) is 0 Å². The van der Waals surface area contributed by atoms with Gasteiger partial charge in [0.05, 0.1) is 21.1 Å². The van der Waals surface area contributed by atoms with Crippen LogP contribution in [0.1, 0.15) is 27.0 Å². The normalized spacial score (nSPS) is 24.1. The maximum absolute atomic E-state index is 11.8. The zero-order valence-corrected chi connectivity index (χ0v) is 18.6. The highest BCUT2D eigenvalue weighted by Gasteiger charge is 2.54. The second kappa shape index (κ2) is 9.17. The molecule has 1 aliphatic rings. The minimum absolute atomic E-state index is 0.0836. The molecule has 0 spiro atoms. The number of fused-ring (bicyclic) bond motifs is 1. The number of ether oxygens (including phenoxy) is 4. The minimum atomic E-state index is -1.84. The Hall–Kier alpha value is -2.11. The highest BCUT2D eigenvalue weighted by atomic mass is 35.5. The van der Waals surface area contributed by atoms with E-state index in [1.165, 1.54) is 16.7 Å². The molecule has 1 fully saturated rings. The van der Waals surface area contributed by atoms with Crippen molar-refractivity contribution in [1.29, 1.82) is 0 Å². The summed E-state index contributed by atoms with van der Waals surface area (Å²) >= 11 is 18.5. The zero-order valence-electron chi connectivity index (χ0n) is 16.4. The first-order chi connectivity index (χ1) is 14.5. The molecule has 0 saturated carbocycles. The van der Waals surface area contributed by atoms with Gasteiger partial charge in [0.1, 0.15) is 0 Å². The van der Waals surface area contributed by atoms with Crippen molar-refractivity contribution in [3.05, 3.63) is 27.5 Å².